The van der Waals surface area contributed by atoms with Crippen LogP contribution in [0.25, 0.3) is 11.3 Å². The third-order valence-electron chi connectivity index (χ3n) is 5.54. The molecule has 4 aliphatic heterocycles. The van der Waals surface area contributed by atoms with Crippen molar-refractivity contribution in [1.82, 2.24) is 15.0 Å². The molecule has 38 heavy (non-hydrogen) atoms. The molecular formula is C26H26Cl2N6O3S. The summed E-state index contributed by atoms with van der Waals surface area (Å²) in [6, 6.07) is 10.7. The molecule has 0 radical (unpaired) electrons. The van der Waals surface area contributed by atoms with Gasteiger partial charge in [0.25, 0.3) is 5.91 Å². The molecule has 5 N–H and O–H groups in total. The predicted molar refractivity (Wildman–Crippen MR) is 152 cm³/mol. The van der Waals surface area contributed by atoms with Crippen LogP contribution in [0.1, 0.15) is 27.2 Å². The molecule has 0 saturated carbocycles. The van der Waals surface area contributed by atoms with Gasteiger partial charge in [-0.1, -0.05) is 35.4 Å². The van der Waals surface area contributed by atoms with Gasteiger partial charge in [-0.15, -0.1) is 0 Å². The number of hydrogen-bond donors (Lipinski definition) is 4. The third-order valence-corrected chi connectivity index (χ3v) is 6.89. The summed E-state index contributed by atoms with van der Waals surface area (Å²) < 4.78 is 10.2. The molecule has 9 nitrogen and oxygen atoms in total. The quantitative estimate of drug-likeness (QED) is 0.292. The van der Waals surface area contributed by atoms with Gasteiger partial charge in [0.1, 0.15) is 12.4 Å². The highest BCUT2D eigenvalue weighted by Gasteiger charge is 2.20. The highest BCUT2D eigenvalue weighted by atomic mass is 35.5. The van der Waals surface area contributed by atoms with E-state index in [9.17, 15) is 9.59 Å². The number of benzene rings is 2. The van der Waals surface area contributed by atoms with Crippen molar-refractivity contribution in [2.45, 2.75) is 19.9 Å². The van der Waals surface area contributed by atoms with E-state index in [2.05, 4.69) is 25.3 Å². The van der Waals surface area contributed by atoms with Crippen LogP contribution in [0.4, 0.5) is 5.69 Å². The Morgan fingerprint density at radius 2 is 1.79 bits per heavy atom. The van der Waals surface area contributed by atoms with Gasteiger partial charge in [-0.05, 0) is 73.4 Å². The number of carbonyl (C=O) groups excluding carboxylic acids is 2. The molecule has 1 aromatic heterocycles. The Morgan fingerprint density at radius 1 is 1.05 bits per heavy atom. The van der Waals surface area contributed by atoms with Crippen LogP contribution >= 0.6 is 34.7 Å². The average Bonchev–Trinajstić information content (AvgIpc) is 3.27. The van der Waals surface area contributed by atoms with Crippen molar-refractivity contribution in [3.63, 3.8) is 0 Å². The fraction of sp³-hybridized carbons (Fsp3) is 0.231. The van der Waals surface area contributed by atoms with Gasteiger partial charge in [-0.2, -0.15) is 4.37 Å². The molecule has 0 spiro atoms. The molecule has 0 atom stereocenters. The van der Waals surface area contributed by atoms with Crippen LogP contribution in [0.15, 0.2) is 53.5 Å². The van der Waals surface area contributed by atoms with Crippen molar-refractivity contribution >= 4 is 58.2 Å². The summed E-state index contributed by atoms with van der Waals surface area (Å²) in [5.41, 5.74) is 8.74. The zero-order chi connectivity index (χ0) is 27.1. The topological polar surface area (TPSA) is 131 Å². The number of halogens is 2. The predicted octanol–water partition coefficient (Wildman–Crippen LogP) is 4.54. The summed E-state index contributed by atoms with van der Waals surface area (Å²) in [4.78, 5) is 30.4. The third kappa shape index (κ3) is 7.11. The number of aryl methyl sites for hydroxylation is 1. The van der Waals surface area contributed by atoms with Gasteiger partial charge in [0.05, 0.1) is 40.1 Å². The zero-order valence-electron chi connectivity index (χ0n) is 20.5. The summed E-state index contributed by atoms with van der Waals surface area (Å²) in [5, 5.41) is 8.96. The fourth-order valence-corrected chi connectivity index (χ4v) is 5.01. The second kappa shape index (κ2) is 12.9. The highest BCUT2D eigenvalue weighted by molar-refractivity contribution is 7.06. The number of amides is 2. The van der Waals surface area contributed by atoms with Crippen molar-refractivity contribution in [3.05, 3.63) is 74.6 Å². The second-order valence-corrected chi connectivity index (χ2v) is 10.2. The van der Waals surface area contributed by atoms with Crippen LogP contribution in [0.5, 0.6) is 5.75 Å². The van der Waals surface area contributed by atoms with E-state index in [1.807, 2.05) is 43.3 Å². The summed E-state index contributed by atoms with van der Waals surface area (Å²) in [6.45, 7) is 3.05. The second-order valence-electron chi connectivity index (χ2n) is 8.37. The maximum Gasteiger partial charge on any atom is 0.261 e. The van der Waals surface area contributed by atoms with E-state index in [0.29, 0.717) is 41.4 Å². The number of aromatic nitrogens is 1. The molecule has 7 rings (SSSR count). The molecule has 2 amide bonds. The molecule has 3 aromatic rings. The molecule has 5 heterocycles. The number of guanidine groups is 1. The maximum absolute atomic E-state index is 13.1. The Labute approximate surface area is 234 Å². The van der Waals surface area contributed by atoms with E-state index in [0.717, 1.165) is 16.9 Å². The lowest BCUT2D eigenvalue weighted by atomic mass is 10.1. The van der Waals surface area contributed by atoms with Crippen LogP contribution in [0.2, 0.25) is 10.0 Å². The molecule has 0 aliphatic carbocycles. The van der Waals surface area contributed by atoms with Crippen molar-refractivity contribution in [1.29, 1.82) is 0 Å². The van der Waals surface area contributed by atoms with Crippen LogP contribution in [0.3, 0.4) is 0 Å². The van der Waals surface area contributed by atoms with Gasteiger partial charge in [-0.3, -0.25) is 14.9 Å². The van der Waals surface area contributed by atoms with Gasteiger partial charge in [-0.25, -0.2) is 4.99 Å². The lowest BCUT2D eigenvalue weighted by Crippen LogP contribution is -2.37. The van der Waals surface area contributed by atoms with Crippen molar-refractivity contribution in [2.75, 3.05) is 25.0 Å². The van der Waals surface area contributed by atoms with Crippen LogP contribution < -0.4 is 26.4 Å². The van der Waals surface area contributed by atoms with E-state index in [1.165, 1.54) is 11.5 Å². The first-order valence-corrected chi connectivity index (χ1v) is 13.3. The van der Waals surface area contributed by atoms with E-state index < -0.39 is 5.91 Å². The molecule has 12 heteroatoms. The van der Waals surface area contributed by atoms with Gasteiger partial charge in [0.15, 0.2) is 5.96 Å². The maximum atomic E-state index is 13.1. The fourth-order valence-electron chi connectivity index (χ4n) is 3.68. The summed E-state index contributed by atoms with van der Waals surface area (Å²) >= 11 is 14.0. The Balaban J connectivity index is 1.59. The normalized spacial score (nSPS) is 16.3. The van der Waals surface area contributed by atoms with Gasteiger partial charge in [0.2, 0.25) is 5.91 Å². The Hall–Kier alpha value is -3.44. The van der Waals surface area contributed by atoms with Crippen molar-refractivity contribution < 1.29 is 14.3 Å². The molecule has 2 aromatic carbocycles. The lowest BCUT2D eigenvalue weighted by Gasteiger charge is -2.12. The Kier molecular flexibility index (Phi) is 9.35. The minimum Gasteiger partial charge on any atom is -0.490 e. The number of rotatable bonds is 0. The van der Waals surface area contributed by atoms with Gasteiger partial charge in [0, 0.05) is 10.4 Å². The van der Waals surface area contributed by atoms with Crippen LogP contribution in [-0.2, 0) is 11.3 Å². The van der Waals surface area contributed by atoms with Crippen molar-refractivity contribution in [2.24, 2.45) is 10.7 Å². The molecule has 198 valence electrons. The number of ether oxygens (including phenoxy) is 1. The monoisotopic (exact) mass is 572 g/mol. The number of hydrogen-bond acceptors (Lipinski definition) is 8. The number of aliphatic imine (C=N–C) groups is 1. The van der Waals surface area contributed by atoms with Gasteiger partial charge < -0.3 is 21.1 Å². The molecule has 0 fully saturated rings. The molecule has 4 bridgehead atoms. The van der Waals surface area contributed by atoms with E-state index >= 15 is 0 Å². The lowest BCUT2D eigenvalue weighted by molar-refractivity contribution is -0.115. The van der Waals surface area contributed by atoms with Gasteiger partial charge >= 0.3 is 0 Å². The molecule has 4 aliphatic rings. The largest absolute Gasteiger partial charge is 0.490 e. The number of nitrogens with one attached hydrogen (secondary N) is 3. The van der Waals surface area contributed by atoms with E-state index in [-0.39, 0.29) is 35.0 Å². The number of nitrogens with two attached hydrogens (primary N) is 1. The summed E-state index contributed by atoms with van der Waals surface area (Å²) in [7, 11) is 0. The van der Waals surface area contributed by atoms with Crippen LogP contribution in [0, 0.1) is 6.92 Å². The molecular weight excluding hydrogens is 547 g/mol. The summed E-state index contributed by atoms with van der Waals surface area (Å²) in [5.74, 6) is -0.0570. The zero-order valence-corrected chi connectivity index (χ0v) is 22.8. The average molecular weight is 574 g/mol. The molecule has 0 unspecified atom stereocenters. The number of anilines is 1. The number of carbonyl (C=O) groups is 2. The SMILES string of the molecule is Cc1snc2c1C(=O)NC(N)=NCc1cc(Cl)c(c(Cl)c1)NC(=O)CNCC/C=C\COc1ccc-2cc1. The van der Waals surface area contributed by atoms with Crippen molar-refractivity contribution in [3.8, 4) is 17.0 Å². The number of nitrogens with zero attached hydrogens (tertiary/aromatic N) is 2. The first kappa shape index (κ1) is 27.6. The Morgan fingerprint density at radius 3 is 2.53 bits per heavy atom. The minimum atomic E-state index is -0.411. The molecule has 0 saturated heterocycles. The van der Waals surface area contributed by atoms with Crippen LogP contribution in [-0.4, -0.2) is 41.8 Å². The standard InChI is InChI=1S/C26H26Cl2N6O3S/c1-15-22-23(34-38-15)17-5-7-18(8-6-17)37-10-4-2-3-9-30-14-21(35)32-24-19(27)11-16(12-20(24)28)13-31-26(29)33-25(22)36/h2,4-8,11-12,30H,3,9-10,13-14H2,1H3,(H,32,35)(H3,29,31,33,36)/b4-2-. The Bertz CT molecular complexity index is 1370. The smallest absolute Gasteiger partial charge is 0.261 e. The highest BCUT2D eigenvalue weighted by Crippen LogP contribution is 2.32. The summed E-state index contributed by atoms with van der Waals surface area (Å²) in [6.07, 6.45) is 4.61. The first-order chi connectivity index (χ1) is 18.3. The van der Waals surface area contributed by atoms with E-state index in [4.69, 9.17) is 33.7 Å². The van der Waals surface area contributed by atoms with E-state index in [1.54, 1.807) is 12.1 Å². The minimum absolute atomic E-state index is 0.0652. The first-order valence-electron chi connectivity index (χ1n) is 11.8.